The van der Waals surface area contributed by atoms with Crippen LogP contribution in [-0.4, -0.2) is 73.2 Å². The van der Waals surface area contributed by atoms with Gasteiger partial charge in [0, 0.05) is 18.8 Å². The Morgan fingerprint density at radius 1 is 0.918 bits per heavy atom. The first-order valence-corrected chi connectivity index (χ1v) is 16.9. The largest absolute Gasteiger partial charge is 0.466 e. The quantitative estimate of drug-likeness (QED) is 0.126. The predicted octanol–water partition coefficient (Wildman–Crippen LogP) is 6.77. The molecule has 1 aliphatic heterocycles. The number of nitrogens with zero attached hydrogens (tertiary/aromatic N) is 2. The molecule has 1 fully saturated rings. The standard InChI is InChI=1S/C38H49N3O8/c1-8-46-33(42)22-27-16-18-29(19-17-27)40-21-20-30(23-40)41(26(4)31-15-11-13-28-12-9-10-14-32(28)31)37(45)48-24-47-35(43)34(25(2)3)39-36(44)49-38(5,6)7/h9-19,25-26,30,34H,8,20-24H2,1-7H3,(H,39,44)/t26-,30+,34+/m1/s1. The van der Waals surface area contributed by atoms with E-state index in [4.69, 9.17) is 18.9 Å². The van der Waals surface area contributed by atoms with E-state index in [9.17, 15) is 19.2 Å². The van der Waals surface area contributed by atoms with Gasteiger partial charge in [0.05, 0.1) is 25.1 Å². The first-order valence-electron chi connectivity index (χ1n) is 16.9. The molecule has 49 heavy (non-hydrogen) atoms. The average molecular weight is 676 g/mol. The third-order valence-electron chi connectivity index (χ3n) is 8.39. The summed E-state index contributed by atoms with van der Waals surface area (Å²) >= 11 is 0. The zero-order valence-electron chi connectivity index (χ0n) is 29.6. The molecule has 1 aliphatic rings. The number of fused-ring (bicyclic) bond motifs is 1. The SMILES string of the molecule is CCOC(=O)Cc1ccc(N2CC[C@H](N(C(=O)OCOC(=O)[C@@H](NC(=O)OC(C)(C)C)C(C)C)[C@H](C)c3cccc4ccccc34)C2)cc1. The highest BCUT2D eigenvalue weighted by molar-refractivity contribution is 5.86. The van der Waals surface area contributed by atoms with E-state index in [1.54, 1.807) is 46.4 Å². The van der Waals surface area contributed by atoms with Crippen LogP contribution in [0.25, 0.3) is 10.8 Å². The molecule has 3 atom stereocenters. The highest BCUT2D eigenvalue weighted by Gasteiger charge is 2.36. The van der Waals surface area contributed by atoms with Gasteiger partial charge in [0.15, 0.2) is 0 Å². The van der Waals surface area contributed by atoms with E-state index in [0.717, 1.165) is 27.6 Å². The molecule has 3 aromatic rings. The van der Waals surface area contributed by atoms with Crippen molar-refractivity contribution < 1.29 is 38.1 Å². The summed E-state index contributed by atoms with van der Waals surface area (Å²) in [6.45, 7) is 13.5. The number of hydrogen-bond acceptors (Lipinski definition) is 9. The molecule has 11 nitrogen and oxygen atoms in total. The van der Waals surface area contributed by atoms with Gasteiger partial charge < -0.3 is 29.2 Å². The predicted molar refractivity (Wildman–Crippen MR) is 187 cm³/mol. The van der Waals surface area contributed by atoms with Crippen LogP contribution in [0.3, 0.4) is 0 Å². The molecule has 2 amide bonds. The number of ether oxygens (including phenoxy) is 4. The minimum absolute atomic E-state index is 0.207. The van der Waals surface area contributed by atoms with Crippen molar-refractivity contribution in [1.82, 2.24) is 10.2 Å². The monoisotopic (exact) mass is 675 g/mol. The van der Waals surface area contributed by atoms with Crippen LogP contribution in [0.4, 0.5) is 15.3 Å². The lowest BCUT2D eigenvalue weighted by Gasteiger charge is -2.34. The second-order valence-electron chi connectivity index (χ2n) is 13.5. The van der Waals surface area contributed by atoms with E-state index in [1.807, 2.05) is 73.7 Å². The normalized spacial score (nSPS) is 15.8. The Bertz CT molecular complexity index is 1600. The molecule has 0 aromatic heterocycles. The molecule has 1 saturated heterocycles. The Labute approximate surface area is 288 Å². The van der Waals surface area contributed by atoms with Crippen molar-refractivity contribution in [2.75, 3.05) is 31.4 Å². The van der Waals surface area contributed by atoms with E-state index in [2.05, 4.69) is 10.2 Å². The topological polar surface area (TPSA) is 124 Å². The Hall–Kier alpha value is -4.80. The van der Waals surface area contributed by atoms with Gasteiger partial charge in [-0.2, -0.15) is 0 Å². The number of carbonyl (C=O) groups excluding carboxylic acids is 4. The number of benzene rings is 3. The number of rotatable bonds is 12. The van der Waals surface area contributed by atoms with E-state index in [0.29, 0.717) is 26.1 Å². The third-order valence-corrected chi connectivity index (χ3v) is 8.39. The molecule has 264 valence electrons. The summed E-state index contributed by atoms with van der Waals surface area (Å²) in [4.78, 5) is 55.1. The maximum atomic E-state index is 13.9. The zero-order valence-corrected chi connectivity index (χ0v) is 29.6. The van der Waals surface area contributed by atoms with Crippen LogP contribution in [0.5, 0.6) is 0 Å². The van der Waals surface area contributed by atoms with Crippen LogP contribution in [0.15, 0.2) is 66.7 Å². The van der Waals surface area contributed by atoms with Gasteiger partial charge in [-0.15, -0.1) is 0 Å². The van der Waals surface area contributed by atoms with Crippen molar-refractivity contribution in [1.29, 1.82) is 0 Å². The van der Waals surface area contributed by atoms with Crippen molar-refractivity contribution in [3.05, 3.63) is 77.9 Å². The Balaban J connectivity index is 1.49. The van der Waals surface area contributed by atoms with Crippen LogP contribution < -0.4 is 10.2 Å². The number of amides is 2. The maximum Gasteiger partial charge on any atom is 0.413 e. The van der Waals surface area contributed by atoms with Gasteiger partial charge in [-0.25, -0.2) is 14.4 Å². The van der Waals surface area contributed by atoms with E-state index >= 15 is 0 Å². The molecule has 0 bridgehead atoms. The summed E-state index contributed by atoms with van der Waals surface area (Å²) in [6, 6.07) is 20.2. The van der Waals surface area contributed by atoms with E-state index in [1.165, 1.54) is 0 Å². The summed E-state index contributed by atoms with van der Waals surface area (Å²) in [7, 11) is 0. The van der Waals surface area contributed by atoms with Gasteiger partial charge in [0.25, 0.3) is 0 Å². The number of anilines is 1. The van der Waals surface area contributed by atoms with Gasteiger partial charge in [-0.05, 0) is 81.0 Å². The molecule has 0 unspecified atom stereocenters. The number of esters is 2. The molecule has 3 aromatic carbocycles. The van der Waals surface area contributed by atoms with Crippen LogP contribution in [0.2, 0.25) is 0 Å². The Morgan fingerprint density at radius 2 is 1.61 bits per heavy atom. The van der Waals surface area contributed by atoms with Crippen LogP contribution in [0, 0.1) is 5.92 Å². The Kier molecular flexibility index (Phi) is 12.5. The number of nitrogens with one attached hydrogen (secondary N) is 1. The third kappa shape index (κ3) is 10.1. The summed E-state index contributed by atoms with van der Waals surface area (Å²) in [6.07, 6.45) is -0.469. The number of hydrogen-bond donors (Lipinski definition) is 1. The second-order valence-corrected chi connectivity index (χ2v) is 13.5. The van der Waals surface area contributed by atoms with Gasteiger partial charge in [0.1, 0.15) is 11.6 Å². The summed E-state index contributed by atoms with van der Waals surface area (Å²) in [5.74, 6) is -1.30. The van der Waals surface area contributed by atoms with Crippen LogP contribution in [0.1, 0.15) is 72.1 Å². The molecular weight excluding hydrogens is 626 g/mol. The lowest BCUT2D eigenvalue weighted by Crippen LogP contribution is -2.47. The van der Waals surface area contributed by atoms with Crippen LogP contribution >= 0.6 is 0 Å². The molecule has 0 spiro atoms. The van der Waals surface area contributed by atoms with E-state index in [-0.39, 0.29) is 30.4 Å². The van der Waals surface area contributed by atoms with Gasteiger partial charge in [-0.3, -0.25) is 9.69 Å². The fourth-order valence-corrected chi connectivity index (χ4v) is 6.03. The summed E-state index contributed by atoms with van der Waals surface area (Å²) < 4.78 is 21.3. The zero-order chi connectivity index (χ0) is 35.7. The first kappa shape index (κ1) is 37.0. The van der Waals surface area contributed by atoms with Crippen molar-refractivity contribution >= 4 is 40.6 Å². The lowest BCUT2D eigenvalue weighted by atomic mass is 9.97. The van der Waals surface area contributed by atoms with E-state index < -0.39 is 36.6 Å². The van der Waals surface area contributed by atoms with Crippen molar-refractivity contribution in [2.24, 2.45) is 5.92 Å². The number of carbonyl (C=O) groups is 4. The van der Waals surface area contributed by atoms with Crippen molar-refractivity contribution in [3.63, 3.8) is 0 Å². The summed E-state index contributed by atoms with van der Waals surface area (Å²) in [5, 5.41) is 4.65. The highest BCUT2D eigenvalue weighted by Crippen LogP contribution is 2.33. The molecule has 1 N–H and O–H groups in total. The Morgan fingerprint density at radius 3 is 2.29 bits per heavy atom. The maximum absolute atomic E-state index is 13.9. The fourth-order valence-electron chi connectivity index (χ4n) is 6.03. The molecule has 11 heteroatoms. The second kappa shape index (κ2) is 16.5. The molecule has 4 rings (SSSR count). The average Bonchev–Trinajstić information content (AvgIpc) is 3.52. The first-order chi connectivity index (χ1) is 23.3. The summed E-state index contributed by atoms with van der Waals surface area (Å²) in [5.41, 5.74) is 2.07. The smallest absolute Gasteiger partial charge is 0.413 e. The van der Waals surface area contributed by atoms with Crippen LogP contribution in [-0.2, 0) is 35.0 Å². The van der Waals surface area contributed by atoms with Crippen molar-refractivity contribution in [2.45, 2.75) is 85.0 Å². The molecule has 1 heterocycles. The molecule has 0 aliphatic carbocycles. The molecule has 0 saturated carbocycles. The fraction of sp³-hybridized carbons (Fsp3) is 0.474. The minimum atomic E-state index is -0.994. The highest BCUT2D eigenvalue weighted by atomic mass is 16.7. The molecular formula is C38H49N3O8. The van der Waals surface area contributed by atoms with Gasteiger partial charge >= 0.3 is 24.1 Å². The lowest BCUT2D eigenvalue weighted by molar-refractivity contribution is -0.156. The molecule has 0 radical (unpaired) electrons. The number of alkyl carbamates (subject to hydrolysis) is 1. The van der Waals surface area contributed by atoms with Gasteiger partial charge in [-0.1, -0.05) is 68.4 Å². The minimum Gasteiger partial charge on any atom is -0.466 e. The van der Waals surface area contributed by atoms with Crippen molar-refractivity contribution in [3.8, 4) is 0 Å². The van der Waals surface area contributed by atoms with Gasteiger partial charge in [0.2, 0.25) is 6.79 Å².